The van der Waals surface area contributed by atoms with Gasteiger partial charge < -0.3 is 34.6 Å². The minimum Gasteiger partial charge on any atom is -0.496 e. The minimum absolute atomic E-state index is 0.0262. The molecule has 3 aliphatic rings. The molecule has 2 aliphatic heterocycles. The molecule has 3 amide bonds. The van der Waals surface area contributed by atoms with Crippen LogP contribution in [0, 0.1) is 18.8 Å². The molecule has 2 saturated heterocycles. The van der Waals surface area contributed by atoms with Crippen molar-refractivity contribution in [1.29, 1.82) is 0 Å². The number of nitrogens with zero attached hydrogens (tertiary/aromatic N) is 5. The van der Waals surface area contributed by atoms with Crippen LogP contribution in [-0.4, -0.2) is 106 Å². The van der Waals surface area contributed by atoms with E-state index in [4.69, 9.17) is 9.47 Å². The molecule has 3 aromatic rings. The standard InChI is InChI=1S/C46H64F3N7O6/c1-28(33-23-34(46(47,48)49)25-35(24-33)53-43(58)62-45(3,4)5)50-41-38-26-37(40(61-7)27-39(38)51-29(2)52-41)31-10-12-32(13-11-31)42(57)55-19-14-30(15-20-55)9-8-18-54(6)36-16-21-56(22-17-36)44(59)60/h23-28,30-32,36H,8-22H2,1-7H3,(H,53,58)(H,59,60)(H,50,51,52)/t28-,31?,32?/m1/s1. The third-order valence-electron chi connectivity index (χ3n) is 12.9. The molecule has 2 aromatic carbocycles. The molecule has 62 heavy (non-hydrogen) atoms. The Labute approximate surface area is 363 Å². The smallest absolute Gasteiger partial charge is 0.416 e. The van der Waals surface area contributed by atoms with Gasteiger partial charge in [-0.1, -0.05) is 0 Å². The molecular formula is C46H64F3N7O6. The first-order valence-corrected chi connectivity index (χ1v) is 22.1. The van der Waals surface area contributed by atoms with Gasteiger partial charge in [0.1, 0.15) is 23.0 Å². The number of nitrogens with one attached hydrogen (secondary N) is 2. The van der Waals surface area contributed by atoms with Gasteiger partial charge in [-0.15, -0.1) is 0 Å². The zero-order valence-electron chi connectivity index (χ0n) is 37.2. The van der Waals surface area contributed by atoms with Crippen LogP contribution in [0.5, 0.6) is 5.75 Å². The van der Waals surface area contributed by atoms with Gasteiger partial charge in [-0.2, -0.15) is 13.2 Å². The lowest BCUT2D eigenvalue weighted by molar-refractivity contribution is -0.138. The van der Waals surface area contributed by atoms with Gasteiger partial charge in [-0.25, -0.2) is 19.6 Å². The number of amides is 3. The van der Waals surface area contributed by atoms with Crippen molar-refractivity contribution in [2.75, 3.05) is 57.5 Å². The van der Waals surface area contributed by atoms with Gasteiger partial charge in [0.15, 0.2) is 0 Å². The number of halogens is 3. The normalized spacial score (nSPS) is 20.0. The van der Waals surface area contributed by atoms with Crippen LogP contribution in [-0.2, 0) is 15.7 Å². The molecule has 1 aliphatic carbocycles. The van der Waals surface area contributed by atoms with Crippen LogP contribution < -0.4 is 15.4 Å². The number of hydrogen-bond donors (Lipinski definition) is 3. The number of carbonyl (C=O) groups is 3. The number of aryl methyl sites for hydroxylation is 1. The Morgan fingerprint density at radius 1 is 0.919 bits per heavy atom. The third-order valence-corrected chi connectivity index (χ3v) is 12.9. The zero-order valence-corrected chi connectivity index (χ0v) is 37.2. The number of benzene rings is 2. The summed E-state index contributed by atoms with van der Waals surface area (Å²) in [7, 11) is 3.78. The summed E-state index contributed by atoms with van der Waals surface area (Å²) in [4.78, 5) is 52.9. The van der Waals surface area contributed by atoms with E-state index in [9.17, 15) is 32.7 Å². The SMILES string of the molecule is COc1cc2nc(C)nc(N[C@H](C)c3cc(NC(=O)OC(C)(C)C)cc(C(F)(F)F)c3)c2cc1C1CCC(C(=O)N2CCC(CCCN(C)C3CCN(C(=O)O)CC3)CC2)CC1. The summed E-state index contributed by atoms with van der Waals surface area (Å²) >= 11 is 0. The highest BCUT2D eigenvalue weighted by atomic mass is 19.4. The summed E-state index contributed by atoms with van der Waals surface area (Å²) < 4.78 is 53.4. The number of fused-ring (bicyclic) bond motifs is 1. The van der Waals surface area contributed by atoms with Crippen molar-refractivity contribution in [3.05, 3.63) is 52.8 Å². The van der Waals surface area contributed by atoms with Crippen LogP contribution in [0.4, 0.5) is 34.3 Å². The molecule has 1 saturated carbocycles. The minimum atomic E-state index is -4.66. The molecule has 1 aromatic heterocycles. The second-order valence-electron chi connectivity index (χ2n) is 18.5. The maximum atomic E-state index is 14.1. The molecule has 3 heterocycles. The van der Waals surface area contributed by atoms with E-state index in [1.165, 1.54) is 11.0 Å². The van der Waals surface area contributed by atoms with Crippen LogP contribution in [0.3, 0.4) is 0 Å². The highest BCUT2D eigenvalue weighted by Gasteiger charge is 2.35. The molecule has 0 spiro atoms. The number of anilines is 2. The van der Waals surface area contributed by atoms with E-state index >= 15 is 0 Å². The van der Waals surface area contributed by atoms with Crippen LogP contribution in [0.15, 0.2) is 30.3 Å². The third kappa shape index (κ3) is 12.0. The number of aromatic nitrogens is 2. The van der Waals surface area contributed by atoms with Gasteiger partial charge in [0.05, 0.1) is 24.2 Å². The molecule has 3 fully saturated rings. The van der Waals surface area contributed by atoms with Crippen LogP contribution >= 0.6 is 0 Å². The fourth-order valence-electron chi connectivity index (χ4n) is 9.40. The largest absolute Gasteiger partial charge is 0.496 e. The van der Waals surface area contributed by atoms with E-state index in [0.29, 0.717) is 53.3 Å². The average molecular weight is 868 g/mol. The number of carboxylic acid groups (broad SMARTS) is 1. The Kier molecular flexibility index (Phi) is 14.8. The Morgan fingerprint density at radius 3 is 2.19 bits per heavy atom. The van der Waals surface area contributed by atoms with Crippen molar-refractivity contribution in [2.24, 2.45) is 11.8 Å². The summed E-state index contributed by atoms with van der Waals surface area (Å²) in [5.74, 6) is 2.59. The van der Waals surface area contributed by atoms with Crippen molar-refractivity contribution >= 4 is 40.5 Å². The lowest BCUT2D eigenvalue weighted by Crippen LogP contribution is -2.45. The second kappa shape index (κ2) is 19.7. The molecule has 13 nitrogen and oxygen atoms in total. The first-order valence-electron chi connectivity index (χ1n) is 22.1. The topological polar surface area (TPSA) is 149 Å². The fourth-order valence-corrected chi connectivity index (χ4v) is 9.40. The maximum Gasteiger partial charge on any atom is 0.416 e. The van der Waals surface area contributed by atoms with Crippen LogP contribution in [0.2, 0.25) is 0 Å². The molecule has 0 radical (unpaired) electrons. The van der Waals surface area contributed by atoms with E-state index in [-0.39, 0.29) is 29.0 Å². The number of ether oxygens (including phenoxy) is 2. The molecule has 1 atom stereocenters. The van der Waals surface area contributed by atoms with E-state index < -0.39 is 35.6 Å². The summed E-state index contributed by atoms with van der Waals surface area (Å²) in [5.41, 5.74) is 0.103. The van der Waals surface area contributed by atoms with Gasteiger partial charge in [0, 0.05) is 55.3 Å². The predicted molar refractivity (Wildman–Crippen MR) is 233 cm³/mol. The molecule has 0 bridgehead atoms. The highest BCUT2D eigenvalue weighted by molar-refractivity contribution is 5.91. The van der Waals surface area contributed by atoms with Gasteiger partial charge in [-0.05, 0) is 160 Å². The van der Waals surface area contributed by atoms with Gasteiger partial charge in [-0.3, -0.25) is 10.1 Å². The summed E-state index contributed by atoms with van der Waals surface area (Å²) in [6.07, 6.45) is 2.84. The van der Waals surface area contributed by atoms with Crippen LogP contribution in [0.1, 0.15) is 126 Å². The number of rotatable bonds is 12. The quantitative estimate of drug-likeness (QED) is 0.161. The maximum absolute atomic E-state index is 14.1. The monoisotopic (exact) mass is 867 g/mol. The number of alkyl halides is 3. The average Bonchev–Trinajstić information content (AvgIpc) is 3.22. The van der Waals surface area contributed by atoms with E-state index in [1.807, 2.05) is 12.1 Å². The highest BCUT2D eigenvalue weighted by Crippen LogP contribution is 2.43. The van der Waals surface area contributed by atoms with Gasteiger partial charge >= 0.3 is 18.4 Å². The molecular weight excluding hydrogens is 804 g/mol. The van der Waals surface area contributed by atoms with Gasteiger partial charge in [0.2, 0.25) is 5.91 Å². The fraction of sp³-hybridized carbons (Fsp3) is 0.630. The van der Waals surface area contributed by atoms with E-state index in [1.54, 1.807) is 41.7 Å². The molecule has 6 rings (SSSR count). The lowest BCUT2D eigenvalue weighted by Gasteiger charge is -2.37. The Bertz CT molecular complexity index is 2050. The molecule has 340 valence electrons. The van der Waals surface area contributed by atoms with Crippen LogP contribution in [0.25, 0.3) is 10.9 Å². The van der Waals surface area contributed by atoms with Gasteiger partial charge in [0.25, 0.3) is 0 Å². The zero-order chi connectivity index (χ0) is 44.9. The summed E-state index contributed by atoms with van der Waals surface area (Å²) in [5, 5.41) is 15.7. The first-order chi connectivity index (χ1) is 29.3. The Morgan fingerprint density at radius 2 is 1.58 bits per heavy atom. The second-order valence-corrected chi connectivity index (χ2v) is 18.5. The van der Waals surface area contributed by atoms with E-state index in [0.717, 1.165) is 102 Å². The number of methoxy groups -OCH3 is 1. The van der Waals surface area contributed by atoms with Crippen molar-refractivity contribution in [2.45, 2.75) is 129 Å². The molecule has 16 heteroatoms. The summed E-state index contributed by atoms with van der Waals surface area (Å²) in [6, 6.07) is 7.10. The van der Waals surface area contributed by atoms with Crippen molar-refractivity contribution in [3.63, 3.8) is 0 Å². The predicted octanol–water partition coefficient (Wildman–Crippen LogP) is 9.85. The molecule has 0 unspecified atom stereocenters. The van der Waals surface area contributed by atoms with Crippen molar-refractivity contribution < 1.29 is 42.1 Å². The Hall–Kier alpha value is -4.86. The summed E-state index contributed by atoms with van der Waals surface area (Å²) in [6.45, 7) is 12.3. The first kappa shape index (κ1) is 46.6. The number of carbonyl (C=O) groups excluding carboxylic acids is 2. The molecule has 3 N–H and O–H groups in total. The number of likely N-dealkylation sites (tertiary alicyclic amines) is 2. The van der Waals surface area contributed by atoms with E-state index in [2.05, 4.69) is 37.4 Å². The number of hydrogen-bond acceptors (Lipinski definition) is 9. The number of piperidine rings is 2. The van der Waals surface area contributed by atoms with Crippen molar-refractivity contribution in [1.82, 2.24) is 24.7 Å². The Balaban J connectivity index is 1.06. The lowest BCUT2D eigenvalue weighted by atomic mass is 9.77. The van der Waals surface area contributed by atoms with Crippen molar-refractivity contribution in [3.8, 4) is 5.75 Å².